The van der Waals surface area contributed by atoms with Crippen molar-refractivity contribution < 1.29 is 27.9 Å². The van der Waals surface area contributed by atoms with E-state index in [1.807, 2.05) is 0 Å². The van der Waals surface area contributed by atoms with Crippen LogP contribution in [0.3, 0.4) is 0 Å². The number of ether oxygens (including phenoxy) is 1. The monoisotopic (exact) mass is 527 g/mol. The zero-order valence-electron chi connectivity index (χ0n) is 20.8. The van der Waals surface area contributed by atoms with Crippen LogP contribution in [0.4, 0.5) is 4.39 Å². The van der Waals surface area contributed by atoms with Crippen molar-refractivity contribution >= 4 is 40.7 Å². The molecule has 194 valence electrons. The summed E-state index contributed by atoms with van der Waals surface area (Å²) in [7, 11) is 0. The molecule has 2 aromatic carbocycles. The molecule has 9 heteroatoms. The first-order valence-electron chi connectivity index (χ1n) is 12.0. The lowest BCUT2D eigenvalue weighted by atomic mass is 9.93. The summed E-state index contributed by atoms with van der Waals surface area (Å²) >= 11 is 6.22. The van der Waals surface area contributed by atoms with Gasteiger partial charge < -0.3 is 18.8 Å². The zero-order chi connectivity index (χ0) is 26.9. The van der Waals surface area contributed by atoms with Crippen LogP contribution in [0.5, 0.6) is 0 Å². The van der Waals surface area contributed by atoms with Gasteiger partial charge in [0.05, 0.1) is 10.9 Å². The van der Waals surface area contributed by atoms with Gasteiger partial charge in [-0.15, -0.1) is 0 Å². The molecule has 4 rings (SSSR count). The maximum absolute atomic E-state index is 13.5. The summed E-state index contributed by atoms with van der Waals surface area (Å²) in [5, 5.41) is 0.637. The normalized spacial score (nSPS) is 16.9. The summed E-state index contributed by atoms with van der Waals surface area (Å²) in [5.41, 5.74) is 0.0833. The molecular formula is C28H27ClFNO6. The number of carbonyl (C=O) groups excluding carboxylic acids is 3. The highest BCUT2D eigenvalue weighted by Crippen LogP contribution is 2.34. The maximum atomic E-state index is 13.5. The number of nitrogens with zero attached hydrogens (tertiary/aromatic N) is 1. The second kappa shape index (κ2) is 10.5. The summed E-state index contributed by atoms with van der Waals surface area (Å²) in [5.74, 6) is -2.94. The smallest absolute Gasteiger partial charge is 0.336 e. The summed E-state index contributed by atoms with van der Waals surface area (Å²) in [6, 6.07) is 9.82. The number of benzene rings is 2. The standard InChI is InChI=1S/C28H27ClFNO6/c1-28(2,3)37-27(35)17-5-4-10-31(14-17)26(34)22(15-32)16-6-8-20-21(13-25(33)36-24(20)11-16)19-9-7-18(30)12-23(19)29/h6-9,11-13,15,17,22H,4-5,10,14H2,1-3H3/t17-,22?/m0/s1. The Balaban J connectivity index is 1.64. The molecule has 37 heavy (non-hydrogen) atoms. The topological polar surface area (TPSA) is 93.9 Å². The van der Waals surface area contributed by atoms with Crippen LogP contribution < -0.4 is 5.63 Å². The van der Waals surface area contributed by atoms with Crippen molar-refractivity contribution in [2.45, 2.75) is 45.1 Å². The molecule has 0 saturated carbocycles. The van der Waals surface area contributed by atoms with Gasteiger partial charge in [-0.25, -0.2) is 9.18 Å². The van der Waals surface area contributed by atoms with E-state index in [2.05, 4.69) is 0 Å². The van der Waals surface area contributed by atoms with Gasteiger partial charge in [0, 0.05) is 35.7 Å². The minimum absolute atomic E-state index is 0.126. The molecule has 0 spiro atoms. The van der Waals surface area contributed by atoms with E-state index in [4.69, 9.17) is 20.8 Å². The molecule has 1 saturated heterocycles. The molecule has 0 radical (unpaired) electrons. The van der Waals surface area contributed by atoms with Crippen LogP contribution in [0, 0.1) is 11.7 Å². The van der Waals surface area contributed by atoms with Crippen molar-refractivity contribution in [2.24, 2.45) is 5.92 Å². The number of hydrogen-bond donors (Lipinski definition) is 0. The number of rotatable bonds is 5. The number of fused-ring (bicyclic) bond motifs is 1. The zero-order valence-corrected chi connectivity index (χ0v) is 21.5. The van der Waals surface area contributed by atoms with Crippen LogP contribution in [0.15, 0.2) is 51.7 Å². The fourth-order valence-electron chi connectivity index (χ4n) is 4.53. The number of piperidine rings is 1. The third kappa shape index (κ3) is 5.91. The number of hydrogen-bond acceptors (Lipinski definition) is 6. The Bertz CT molecular complexity index is 1430. The van der Waals surface area contributed by atoms with Crippen molar-refractivity contribution in [2.75, 3.05) is 13.1 Å². The van der Waals surface area contributed by atoms with E-state index in [9.17, 15) is 23.6 Å². The van der Waals surface area contributed by atoms with E-state index in [1.165, 1.54) is 29.2 Å². The van der Waals surface area contributed by atoms with Gasteiger partial charge in [-0.3, -0.25) is 9.59 Å². The third-order valence-corrected chi connectivity index (χ3v) is 6.54. The van der Waals surface area contributed by atoms with Gasteiger partial charge in [0.2, 0.25) is 5.91 Å². The molecule has 1 amide bonds. The molecule has 1 fully saturated rings. The van der Waals surface area contributed by atoms with E-state index in [0.717, 1.165) is 6.07 Å². The lowest BCUT2D eigenvalue weighted by molar-refractivity contribution is -0.162. The minimum Gasteiger partial charge on any atom is -0.460 e. The van der Waals surface area contributed by atoms with Crippen LogP contribution in [-0.2, 0) is 19.1 Å². The third-order valence-electron chi connectivity index (χ3n) is 6.22. The van der Waals surface area contributed by atoms with Crippen LogP contribution in [0.2, 0.25) is 5.02 Å². The average molecular weight is 528 g/mol. The van der Waals surface area contributed by atoms with Gasteiger partial charge in [0.15, 0.2) is 0 Å². The second-order valence-corrected chi connectivity index (χ2v) is 10.5. The number of amides is 1. The van der Waals surface area contributed by atoms with Gasteiger partial charge in [0.1, 0.15) is 29.2 Å². The van der Waals surface area contributed by atoms with Crippen LogP contribution in [-0.4, -0.2) is 41.8 Å². The molecule has 1 aliphatic heterocycles. The SMILES string of the molecule is CC(C)(C)OC(=O)[C@H]1CCCN(C(=O)C(C=O)c2ccc3c(-c4ccc(F)cc4Cl)cc(=O)oc3c2)C1. The Morgan fingerprint density at radius 3 is 2.59 bits per heavy atom. The molecule has 3 aromatic rings. The molecule has 2 heterocycles. The van der Waals surface area contributed by atoms with Gasteiger partial charge in [-0.2, -0.15) is 0 Å². The minimum atomic E-state index is -1.15. The first kappa shape index (κ1) is 26.5. The van der Waals surface area contributed by atoms with Crippen LogP contribution in [0.25, 0.3) is 22.1 Å². The van der Waals surface area contributed by atoms with Crippen molar-refractivity contribution in [1.29, 1.82) is 0 Å². The lowest BCUT2D eigenvalue weighted by Crippen LogP contribution is -2.45. The van der Waals surface area contributed by atoms with E-state index in [-0.39, 0.29) is 23.1 Å². The molecule has 0 aliphatic carbocycles. The van der Waals surface area contributed by atoms with Crippen LogP contribution in [0.1, 0.15) is 45.1 Å². The number of halogens is 2. The highest BCUT2D eigenvalue weighted by atomic mass is 35.5. The molecule has 2 atom stereocenters. The highest BCUT2D eigenvalue weighted by Gasteiger charge is 2.34. The number of esters is 1. The molecular weight excluding hydrogens is 501 g/mol. The van der Waals surface area contributed by atoms with Crippen molar-refractivity contribution in [3.8, 4) is 11.1 Å². The Hall–Kier alpha value is -3.52. The molecule has 1 unspecified atom stereocenters. The summed E-state index contributed by atoms with van der Waals surface area (Å²) < 4.78 is 24.4. The predicted molar refractivity (Wildman–Crippen MR) is 137 cm³/mol. The van der Waals surface area contributed by atoms with Gasteiger partial charge in [-0.1, -0.05) is 23.7 Å². The second-order valence-electron chi connectivity index (χ2n) is 10.1. The van der Waals surface area contributed by atoms with Crippen molar-refractivity contribution in [1.82, 2.24) is 4.90 Å². The molecule has 1 aliphatic rings. The van der Waals surface area contributed by atoms with E-state index in [1.54, 1.807) is 32.9 Å². The van der Waals surface area contributed by atoms with E-state index >= 15 is 0 Å². The Morgan fingerprint density at radius 2 is 1.92 bits per heavy atom. The van der Waals surface area contributed by atoms with Gasteiger partial charge in [0.25, 0.3) is 0 Å². The molecule has 1 aromatic heterocycles. The summed E-state index contributed by atoms with van der Waals surface area (Å²) in [6.45, 7) is 5.93. The summed E-state index contributed by atoms with van der Waals surface area (Å²) in [6.07, 6.45) is 1.75. The summed E-state index contributed by atoms with van der Waals surface area (Å²) in [4.78, 5) is 51.8. The average Bonchev–Trinajstić information content (AvgIpc) is 2.83. The predicted octanol–water partition coefficient (Wildman–Crippen LogP) is 5.12. The highest BCUT2D eigenvalue weighted by molar-refractivity contribution is 6.33. The first-order chi connectivity index (χ1) is 17.5. The Labute approximate surface area is 218 Å². The Morgan fingerprint density at radius 1 is 1.16 bits per heavy atom. The first-order valence-corrected chi connectivity index (χ1v) is 12.3. The van der Waals surface area contributed by atoms with Crippen molar-refractivity contribution in [3.05, 3.63) is 69.3 Å². The Kier molecular flexibility index (Phi) is 7.50. The van der Waals surface area contributed by atoms with Crippen molar-refractivity contribution in [3.63, 3.8) is 0 Å². The largest absolute Gasteiger partial charge is 0.460 e. The van der Waals surface area contributed by atoms with E-state index in [0.29, 0.717) is 47.7 Å². The van der Waals surface area contributed by atoms with Gasteiger partial charge in [-0.05, 0) is 63.4 Å². The van der Waals surface area contributed by atoms with Crippen LogP contribution >= 0.6 is 11.6 Å². The fourth-order valence-corrected chi connectivity index (χ4v) is 4.80. The fraction of sp³-hybridized carbons (Fsp3) is 0.357. The molecule has 7 nitrogen and oxygen atoms in total. The number of likely N-dealkylation sites (tertiary alicyclic amines) is 1. The number of aldehydes is 1. The van der Waals surface area contributed by atoms with E-state index < -0.39 is 34.8 Å². The molecule has 0 N–H and O–H groups in total. The lowest BCUT2D eigenvalue weighted by Gasteiger charge is -2.34. The number of carbonyl (C=O) groups is 3. The maximum Gasteiger partial charge on any atom is 0.336 e. The molecule has 0 bridgehead atoms. The van der Waals surface area contributed by atoms with Gasteiger partial charge >= 0.3 is 11.6 Å². The quantitative estimate of drug-likeness (QED) is 0.198.